The van der Waals surface area contributed by atoms with Gasteiger partial charge in [-0.3, -0.25) is 4.79 Å². The van der Waals surface area contributed by atoms with Crippen LogP contribution in [0.25, 0.3) is 0 Å². The van der Waals surface area contributed by atoms with Gasteiger partial charge in [0.1, 0.15) is 5.78 Å². The van der Waals surface area contributed by atoms with Crippen molar-refractivity contribution in [1.82, 2.24) is 4.98 Å². The summed E-state index contributed by atoms with van der Waals surface area (Å²) in [6, 6.07) is 3.65. The van der Waals surface area contributed by atoms with E-state index in [0.717, 1.165) is 5.56 Å². The molecule has 3 heteroatoms. The van der Waals surface area contributed by atoms with Crippen molar-refractivity contribution < 1.29 is 9.53 Å². The SMILES string of the molecule is COc1cc(CC(=O)CC(C)C)ccn1. The van der Waals surface area contributed by atoms with Gasteiger partial charge in [-0.15, -0.1) is 0 Å². The van der Waals surface area contributed by atoms with Crippen molar-refractivity contribution in [3.05, 3.63) is 23.9 Å². The maximum absolute atomic E-state index is 11.6. The fourth-order valence-electron chi connectivity index (χ4n) is 1.43. The molecule has 0 spiro atoms. The zero-order valence-corrected chi connectivity index (χ0v) is 9.49. The van der Waals surface area contributed by atoms with E-state index in [4.69, 9.17) is 4.74 Å². The number of aromatic nitrogens is 1. The Bertz CT molecular complexity index is 334. The van der Waals surface area contributed by atoms with E-state index in [0.29, 0.717) is 24.6 Å². The van der Waals surface area contributed by atoms with Gasteiger partial charge in [-0.25, -0.2) is 4.98 Å². The summed E-state index contributed by atoms with van der Waals surface area (Å²) in [5.41, 5.74) is 0.965. The summed E-state index contributed by atoms with van der Waals surface area (Å²) in [6.45, 7) is 4.09. The molecule has 0 atom stereocenters. The number of rotatable bonds is 5. The summed E-state index contributed by atoms with van der Waals surface area (Å²) in [6.07, 6.45) is 2.76. The van der Waals surface area contributed by atoms with E-state index < -0.39 is 0 Å². The molecule has 0 aliphatic carbocycles. The largest absolute Gasteiger partial charge is 0.481 e. The summed E-state index contributed by atoms with van der Waals surface area (Å²) in [4.78, 5) is 15.6. The first kappa shape index (κ1) is 11.7. The lowest BCUT2D eigenvalue weighted by Crippen LogP contribution is -2.06. The minimum absolute atomic E-state index is 0.262. The standard InChI is InChI=1S/C12H17NO2/c1-9(2)6-11(14)7-10-4-5-13-12(8-10)15-3/h4-5,8-9H,6-7H2,1-3H3. The van der Waals surface area contributed by atoms with Gasteiger partial charge in [-0.2, -0.15) is 0 Å². The molecule has 0 radical (unpaired) electrons. The lowest BCUT2D eigenvalue weighted by molar-refractivity contribution is -0.119. The van der Waals surface area contributed by atoms with Gasteiger partial charge in [0.25, 0.3) is 0 Å². The summed E-state index contributed by atoms with van der Waals surface area (Å²) < 4.78 is 5.00. The quantitative estimate of drug-likeness (QED) is 0.743. The average Bonchev–Trinajstić information content (AvgIpc) is 2.16. The van der Waals surface area contributed by atoms with Crippen LogP contribution < -0.4 is 4.74 Å². The third-order valence-corrected chi connectivity index (χ3v) is 2.05. The molecule has 0 N–H and O–H groups in total. The summed E-state index contributed by atoms with van der Waals surface area (Å²) in [5.74, 6) is 1.24. The molecule has 1 heterocycles. The highest BCUT2D eigenvalue weighted by Crippen LogP contribution is 2.11. The third kappa shape index (κ3) is 4.11. The molecule has 1 aromatic heterocycles. The van der Waals surface area contributed by atoms with E-state index in [1.165, 1.54) is 0 Å². The first-order chi connectivity index (χ1) is 7.11. The van der Waals surface area contributed by atoms with Crippen LogP contribution in [0.5, 0.6) is 5.88 Å². The van der Waals surface area contributed by atoms with E-state index in [1.54, 1.807) is 19.4 Å². The van der Waals surface area contributed by atoms with Crippen molar-refractivity contribution in [2.24, 2.45) is 5.92 Å². The number of ketones is 1. The molecule has 82 valence electrons. The van der Waals surface area contributed by atoms with Crippen LogP contribution in [0.1, 0.15) is 25.8 Å². The van der Waals surface area contributed by atoms with E-state index >= 15 is 0 Å². The lowest BCUT2D eigenvalue weighted by atomic mass is 10.0. The van der Waals surface area contributed by atoms with Crippen LogP contribution in [0.3, 0.4) is 0 Å². The van der Waals surface area contributed by atoms with Gasteiger partial charge in [-0.1, -0.05) is 13.8 Å². The van der Waals surface area contributed by atoms with E-state index in [1.807, 2.05) is 19.9 Å². The van der Waals surface area contributed by atoms with E-state index in [2.05, 4.69) is 4.98 Å². The van der Waals surface area contributed by atoms with Gasteiger partial charge in [0.05, 0.1) is 7.11 Å². The second-order valence-corrected chi connectivity index (χ2v) is 4.02. The summed E-state index contributed by atoms with van der Waals surface area (Å²) in [7, 11) is 1.57. The maximum atomic E-state index is 11.6. The highest BCUT2D eigenvalue weighted by Gasteiger charge is 2.07. The van der Waals surface area contributed by atoms with Crippen molar-refractivity contribution in [3.63, 3.8) is 0 Å². The van der Waals surface area contributed by atoms with E-state index in [9.17, 15) is 4.79 Å². The normalized spacial score (nSPS) is 10.4. The Morgan fingerprint density at radius 3 is 2.87 bits per heavy atom. The Balaban J connectivity index is 2.60. The summed E-state index contributed by atoms with van der Waals surface area (Å²) in [5, 5.41) is 0. The van der Waals surface area contributed by atoms with Gasteiger partial charge in [0.2, 0.25) is 5.88 Å². The molecule has 0 amide bonds. The van der Waals surface area contributed by atoms with Gasteiger partial charge >= 0.3 is 0 Å². The molecule has 0 saturated carbocycles. The number of ether oxygens (including phenoxy) is 1. The predicted octanol–water partition coefficient (Wildman–Crippen LogP) is 2.25. The van der Waals surface area contributed by atoms with Crippen molar-refractivity contribution in [1.29, 1.82) is 0 Å². The smallest absolute Gasteiger partial charge is 0.213 e. The molecule has 0 unspecified atom stereocenters. The minimum Gasteiger partial charge on any atom is -0.481 e. The Morgan fingerprint density at radius 1 is 1.53 bits per heavy atom. The Kier molecular flexibility index (Phi) is 4.28. The topological polar surface area (TPSA) is 39.2 Å². The van der Waals surface area contributed by atoms with Gasteiger partial charge < -0.3 is 4.74 Å². The van der Waals surface area contributed by atoms with Crippen LogP contribution in [0, 0.1) is 5.92 Å². The lowest BCUT2D eigenvalue weighted by Gasteiger charge is -2.05. The van der Waals surface area contributed by atoms with Crippen LogP contribution >= 0.6 is 0 Å². The Hall–Kier alpha value is -1.38. The number of carbonyl (C=O) groups excluding carboxylic acids is 1. The molecular weight excluding hydrogens is 190 g/mol. The zero-order valence-electron chi connectivity index (χ0n) is 9.49. The second kappa shape index (κ2) is 5.49. The van der Waals surface area contributed by atoms with Crippen molar-refractivity contribution in [2.75, 3.05) is 7.11 Å². The molecule has 3 nitrogen and oxygen atoms in total. The van der Waals surface area contributed by atoms with Crippen molar-refractivity contribution >= 4 is 5.78 Å². The van der Waals surface area contributed by atoms with Crippen LogP contribution in [0.4, 0.5) is 0 Å². The molecule has 15 heavy (non-hydrogen) atoms. The third-order valence-electron chi connectivity index (χ3n) is 2.05. The second-order valence-electron chi connectivity index (χ2n) is 4.02. The van der Waals surface area contributed by atoms with Crippen molar-refractivity contribution in [2.45, 2.75) is 26.7 Å². The number of methoxy groups -OCH3 is 1. The van der Waals surface area contributed by atoms with Crippen LogP contribution in [0.15, 0.2) is 18.3 Å². The van der Waals surface area contributed by atoms with Crippen LogP contribution in [0.2, 0.25) is 0 Å². The van der Waals surface area contributed by atoms with E-state index in [-0.39, 0.29) is 5.78 Å². The first-order valence-electron chi connectivity index (χ1n) is 5.12. The molecule has 0 aliphatic heterocycles. The number of pyridine rings is 1. The number of nitrogens with zero attached hydrogens (tertiary/aromatic N) is 1. The molecule has 1 rings (SSSR count). The molecule has 0 fully saturated rings. The Morgan fingerprint density at radius 2 is 2.27 bits per heavy atom. The van der Waals surface area contributed by atoms with Crippen LogP contribution in [-0.4, -0.2) is 17.9 Å². The van der Waals surface area contributed by atoms with Gasteiger partial charge in [0, 0.05) is 25.1 Å². The van der Waals surface area contributed by atoms with Gasteiger partial charge in [0.15, 0.2) is 0 Å². The molecule has 0 bridgehead atoms. The molecule has 0 aromatic carbocycles. The fraction of sp³-hybridized carbons (Fsp3) is 0.500. The van der Waals surface area contributed by atoms with Crippen LogP contribution in [-0.2, 0) is 11.2 Å². The molecular formula is C12H17NO2. The molecule has 0 saturated heterocycles. The maximum Gasteiger partial charge on any atom is 0.213 e. The molecule has 0 aliphatic rings. The predicted molar refractivity (Wildman–Crippen MR) is 59.0 cm³/mol. The molecule has 1 aromatic rings. The number of carbonyl (C=O) groups is 1. The van der Waals surface area contributed by atoms with Gasteiger partial charge in [-0.05, 0) is 17.5 Å². The number of hydrogen-bond donors (Lipinski definition) is 0. The Labute approximate surface area is 90.5 Å². The highest BCUT2D eigenvalue weighted by molar-refractivity contribution is 5.81. The highest BCUT2D eigenvalue weighted by atomic mass is 16.5. The number of hydrogen-bond acceptors (Lipinski definition) is 3. The summed E-state index contributed by atoms with van der Waals surface area (Å²) >= 11 is 0. The fourth-order valence-corrected chi connectivity index (χ4v) is 1.43. The van der Waals surface area contributed by atoms with Crippen molar-refractivity contribution in [3.8, 4) is 5.88 Å². The number of Topliss-reactive ketones (excluding diaryl/α,β-unsaturated/α-hetero) is 1. The first-order valence-corrected chi connectivity index (χ1v) is 5.12. The monoisotopic (exact) mass is 207 g/mol. The zero-order chi connectivity index (χ0) is 11.3. The minimum atomic E-state index is 0.262. The average molecular weight is 207 g/mol.